The van der Waals surface area contributed by atoms with Crippen LogP contribution in [0.4, 0.5) is 5.69 Å². The smallest absolute Gasteiger partial charge is 0.350 e. The van der Waals surface area contributed by atoms with Crippen molar-refractivity contribution in [3.8, 4) is 0 Å². The number of rotatable bonds is 3. The second-order valence-electron chi connectivity index (χ2n) is 4.59. The molecule has 0 aromatic carbocycles. The van der Waals surface area contributed by atoms with Gasteiger partial charge in [0.1, 0.15) is 4.88 Å². The molecule has 19 heavy (non-hydrogen) atoms. The lowest BCUT2D eigenvalue weighted by atomic mass is 9.96. The summed E-state index contributed by atoms with van der Waals surface area (Å²) >= 11 is 6.64. The van der Waals surface area contributed by atoms with Gasteiger partial charge in [0.2, 0.25) is 0 Å². The summed E-state index contributed by atoms with van der Waals surface area (Å²) in [5.41, 5.74) is 0.713. The second kappa shape index (κ2) is 6.86. The van der Waals surface area contributed by atoms with E-state index in [2.05, 4.69) is 10.6 Å². The first kappa shape index (κ1) is 14.3. The fraction of sp³-hybridized carbons (Fsp3) is 0.538. The minimum Gasteiger partial charge on any atom is -0.465 e. The van der Waals surface area contributed by atoms with E-state index >= 15 is 0 Å². The summed E-state index contributed by atoms with van der Waals surface area (Å²) < 4.78 is 4.73. The lowest BCUT2D eigenvalue weighted by Gasteiger charge is -2.24. The molecule has 1 aromatic heterocycles. The van der Waals surface area contributed by atoms with Crippen molar-refractivity contribution < 1.29 is 9.53 Å². The second-order valence-corrected chi connectivity index (χ2v) is 5.91. The zero-order valence-corrected chi connectivity index (χ0v) is 12.5. The highest BCUT2D eigenvalue weighted by Gasteiger charge is 2.17. The van der Waals surface area contributed by atoms with Crippen molar-refractivity contribution in [2.45, 2.75) is 38.1 Å². The largest absolute Gasteiger partial charge is 0.465 e. The summed E-state index contributed by atoms with van der Waals surface area (Å²) in [6.45, 7) is 0. The zero-order valence-electron chi connectivity index (χ0n) is 10.9. The van der Waals surface area contributed by atoms with E-state index in [1.807, 2.05) is 11.4 Å². The summed E-state index contributed by atoms with van der Waals surface area (Å²) in [6.07, 6.45) is 6.15. The quantitative estimate of drug-likeness (QED) is 0.663. The maximum absolute atomic E-state index is 11.6. The molecule has 2 N–H and O–H groups in total. The summed E-state index contributed by atoms with van der Waals surface area (Å²) in [7, 11) is 1.38. The van der Waals surface area contributed by atoms with Gasteiger partial charge in [0.15, 0.2) is 5.11 Å². The first-order valence-electron chi connectivity index (χ1n) is 6.44. The molecule has 104 valence electrons. The Bertz CT molecular complexity index is 453. The first-order chi connectivity index (χ1) is 9.20. The maximum Gasteiger partial charge on any atom is 0.350 e. The average molecular weight is 298 g/mol. The van der Waals surface area contributed by atoms with Gasteiger partial charge in [-0.15, -0.1) is 11.3 Å². The number of carbonyl (C=O) groups is 1. The Hall–Kier alpha value is -1.14. The normalized spacial score (nSPS) is 15.8. The summed E-state index contributed by atoms with van der Waals surface area (Å²) in [5, 5.41) is 8.82. The van der Waals surface area contributed by atoms with E-state index < -0.39 is 0 Å². The SMILES string of the molecule is COC(=O)c1sccc1NC(=S)NC1CCCCC1. The van der Waals surface area contributed by atoms with Crippen molar-refractivity contribution in [1.29, 1.82) is 0 Å². The van der Waals surface area contributed by atoms with Crippen LogP contribution in [-0.2, 0) is 4.74 Å². The molecular weight excluding hydrogens is 280 g/mol. The van der Waals surface area contributed by atoms with Crippen molar-refractivity contribution >= 4 is 40.3 Å². The molecule has 0 radical (unpaired) electrons. The maximum atomic E-state index is 11.6. The summed E-state index contributed by atoms with van der Waals surface area (Å²) in [6, 6.07) is 2.29. The molecule has 0 unspecified atom stereocenters. The van der Waals surface area contributed by atoms with E-state index in [4.69, 9.17) is 17.0 Å². The molecule has 0 saturated heterocycles. The summed E-state index contributed by atoms with van der Waals surface area (Å²) in [4.78, 5) is 12.1. The van der Waals surface area contributed by atoms with Crippen LogP contribution in [0.3, 0.4) is 0 Å². The standard InChI is InChI=1S/C13H18N2O2S2/c1-17-12(16)11-10(7-8-19-11)15-13(18)14-9-5-3-2-4-6-9/h7-9H,2-6H2,1H3,(H2,14,15,18). The Morgan fingerprint density at radius 1 is 1.42 bits per heavy atom. The fourth-order valence-electron chi connectivity index (χ4n) is 2.25. The first-order valence-corrected chi connectivity index (χ1v) is 7.73. The van der Waals surface area contributed by atoms with E-state index in [1.54, 1.807) is 0 Å². The molecule has 1 aliphatic rings. The number of nitrogens with one attached hydrogen (secondary N) is 2. The number of hydrogen-bond donors (Lipinski definition) is 2. The molecule has 4 nitrogen and oxygen atoms in total. The molecule has 1 heterocycles. The van der Waals surface area contributed by atoms with Crippen LogP contribution in [-0.4, -0.2) is 24.2 Å². The minimum atomic E-state index is -0.335. The van der Waals surface area contributed by atoms with Gasteiger partial charge in [-0.3, -0.25) is 0 Å². The van der Waals surface area contributed by atoms with E-state index in [-0.39, 0.29) is 5.97 Å². The van der Waals surface area contributed by atoms with Gasteiger partial charge in [-0.2, -0.15) is 0 Å². The van der Waals surface area contributed by atoms with Gasteiger partial charge < -0.3 is 15.4 Å². The Labute approximate surface area is 122 Å². The van der Waals surface area contributed by atoms with Gasteiger partial charge >= 0.3 is 5.97 Å². The van der Waals surface area contributed by atoms with Crippen molar-refractivity contribution in [2.24, 2.45) is 0 Å². The number of hydrogen-bond acceptors (Lipinski definition) is 4. The van der Waals surface area contributed by atoms with E-state index in [1.165, 1.54) is 37.7 Å². The predicted molar refractivity (Wildman–Crippen MR) is 81.9 cm³/mol. The van der Waals surface area contributed by atoms with Crippen LogP contribution >= 0.6 is 23.6 Å². The molecule has 0 amide bonds. The molecule has 1 aromatic rings. The Morgan fingerprint density at radius 3 is 2.84 bits per heavy atom. The highest BCUT2D eigenvalue weighted by atomic mass is 32.1. The molecule has 0 spiro atoms. The molecular formula is C13H18N2O2S2. The van der Waals surface area contributed by atoms with Gasteiger partial charge in [0.25, 0.3) is 0 Å². The molecule has 6 heteroatoms. The number of methoxy groups -OCH3 is 1. The van der Waals surface area contributed by atoms with Crippen molar-refractivity contribution in [3.63, 3.8) is 0 Å². The minimum absolute atomic E-state index is 0.335. The van der Waals surface area contributed by atoms with Gasteiger partial charge in [-0.05, 0) is 36.5 Å². The average Bonchev–Trinajstić information content (AvgIpc) is 2.87. The fourth-order valence-corrected chi connectivity index (χ4v) is 3.29. The number of anilines is 1. The van der Waals surface area contributed by atoms with Crippen LogP contribution in [0.2, 0.25) is 0 Å². The third-order valence-corrected chi connectivity index (χ3v) is 4.34. The highest BCUT2D eigenvalue weighted by molar-refractivity contribution is 7.80. The molecule has 0 bridgehead atoms. The Kier molecular flexibility index (Phi) is 5.15. The molecule has 1 saturated carbocycles. The molecule has 1 fully saturated rings. The molecule has 0 aliphatic heterocycles. The van der Waals surface area contributed by atoms with Gasteiger partial charge in [0.05, 0.1) is 12.8 Å². The van der Waals surface area contributed by atoms with E-state index in [0.717, 1.165) is 12.8 Å². The Balaban J connectivity index is 1.91. The molecule has 2 rings (SSSR count). The third kappa shape index (κ3) is 3.91. The number of thiophene rings is 1. The van der Waals surface area contributed by atoms with Crippen LogP contribution < -0.4 is 10.6 Å². The lowest BCUT2D eigenvalue weighted by molar-refractivity contribution is 0.0607. The zero-order chi connectivity index (χ0) is 13.7. The lowest BCUT2D eigenvalue weighted by Crippen LogP contribution is -2.38. The van der Waals surface area contributed by atoms with Crippen LogP contribution in [0.5, 0.6) is 0 Å². The van der Waals surface area contributed by atoms with Gasteiger partial charge in [0, 0.05) is 6.04 Å². The number of ether oxygens (including phenoxy) is 1. The third-order valence-electron chi connectivity index (χ3n) is 3.22. The van der Waals surface area contributed by atoms with Crippen LogP contribution in [0.15, 0.2) is 11.4 Å². The van der Waals surface area contributed by atoms with Crippen molar-refractivity contribution in [3.05, 3.63) is 16.3 Å². The van der Waals surface area contributed by atoms with Crippen molar-refractivity contribution in [2.75, 3.05) is 12.4 Å². The monoisotopic (exact) mass is 298 g/mol. The Morgan fingerprint density at radius 2 is 2.16 bits per heavy atom. The topological polar surface area (TPSA) is 50.4 Å². The number of thiocarbonyl (C=S) groups is 1. The predicted octanol–water partition coefficient (Wildman–Crippen LogP) is 3.15. The van der Waals surface area contributed by atoms with Crippen molar-refractivity contribution in [1.82, 2.24) is 5.32 Å². The number of carbonyl (C=O) groups excluding carboxylic acids is 1. The highest BCUT2D eigenvalue weighted by Crippen LogP contribution is 2.23. The van der Waals surface area contributed by atoms with Gasteiger partial charge in [-0.25, -0.2) is 4.79 Å². The molecule has 0 atom stereocenters. The number of esters is 1. The van der Waals surface area contributed by atoms with E-state index in [0.29, 0.717) is 21.7 Å². The van der Waals surface area contributed by atoms with Gasteiger partial charge in [-0.1, -0.05) is 19.3 Å². The van der Waals surface area contributed by atoms with Crippen LogP contribution in [0.1, 0.15) is 41.8 Å². The van der Waals surface area contributed by atoms with Crippen LogP contribution in [0.25, 0.3) is 0 Å². The molecule has 1 aliphatic carbocycles. The summed E-state index contributed by atoms with van der Waals surface area (Å²) in [5.74, 6) is -0.335. The van der Waals surface area contributed by atoms with E-state index in [9.17, 15) is 4.79 Å². The van der Waals surface area contributed by atoms with Crippen LogP contribution in [0, 0.1) is 0 Å².